The summed E-state index contributed by atoms with van der Waals surface area (Å²) >= 11 is 0. The predicted octanol–water partition coefficient (Wildman–Crippen LogP) is 1.83. The summed E-state index contributed by atoms with van der Waals surface area (Å²) in [5.41, 5.74) is 0.795. The molecule has 1 saturated carbocycles. The second-order valence-corrected chi connectivity index (χ2v) is 5.28. The van der Waals surface area contributed by atoms with E-state index in [9.17, 15) is 9.59 Å². The minimum atomic E-state index is -0.341. The second-order valence-electron chi connectivity index (χ2n) is 5.28. The van der Waals surface area contributed by atoms with Crippen molar-refractivity contribution in [3.05, 3.63) is 23.8 Å². The molecule has 1 aliphatic carbocycles. The van der Waals surface area contributed by atoms with Crippen LogP contribution < -0.4 is 14.8 Å². The topological polar surface area (TPSA) is 73.9 Å². The number of benzene rings is 1. The van der Waals surface area contributed by atoms with E-state index in [-0.39, 0.29) is 30.4 Å². The molecule has 6 heteroatoms. The van der Waals surface area contributed by atoms with E-state index in [1.807, 2.05) is 6.92 Å². The van der Waals surface area contributed by atoms with Gasteiger partial charge in [-0.25, -0.2) is 0 Å². The molecule has 6 nitrogen and oxygen atoms in total. The maximum atomic E-state index is 11.9. The first-order chi connectivity index (χ1) is 10.5. The zero-order chi connectivity index (χ0) is 16.1. The van der Waals surface area contributed by atoms with E-state index < -0.39 is 0 Å². The largest absolute Gasteiger partial charge is 0.497 e. The van der Waals surface area contributed by atoms with Crippen molar-refractivity contribution in [3.8, 4) is 11.5 Å². The number of nitrogens with one attached hydrogen (secondary N) is 1. The Labute approximate surface area is 129 Å². The van der Waals surface area contributed by atoms with Gasteiger partial charge in [-0.3, -0.25) is 9.59 Å². The van der Waals surface area contributed by atoms with Crippen LogP contribution in [0.1, 0.15) is 31.4 Å². The molecule has 1 atom stereocenters. The van der Waals surface area contributed by atoms with Gasteiger partial charge in [0, 0.05) is 5.56 Å². The normalized spacial score (nSPS) is 14.9. The summed E-state index contributed by atoms with van der Waals surface area (Å²) in [6.07, 6.45) is 1.72. The molecular weight excluding hydrogens is 286 g/mol. The van der Waals surface area contributed by atoms with Crippen molar-refractivity contribution >= 4 is 11.9 Å². The maximum absolute atomic E-state index is 11.9. The third-order valence-electron chi connectivity index (χ3n) is 3.54. The van der Waals surface area contributed by atoms with E-state index in [1.165, 1.54) is 0 Å². The molecule has 2 rings (SSSR count). The number of carbonyl (C=O) groups is 2. The average molecular weight is 307 g/mol. The van der Waals surface area contributed by atoms with Crippen LogP contribution in [0.15, 0.2) is 18.2 Å². The highest BCUT2D eigenvalue weighted by molar-refractivity contribution is 5.82. The van der Waals surface area contributed by atoms with Crippen LogP contribution in [0.3, 0.4) is 0 Å². The van der Waals surface area contributed by atoms with Gasteiger partial charge in [0.05, 0.1) is 26.2 Å². The number of carbonyl (C=O) groups excluding carboxylic acids is 2. The molecule has 1 fully saturated rings. The lowest BCUT2D eigenvalue weighted by Crippen LogP contribution is -2.31. The van der Waals surface area contributed by atoms with Crippen molar-refractivity contribution in [1.82, 2.24) is 5.32 Å². The summed E-state index contributed by atoms with van der Waals surface area (Å²) in [6, 6.07) is 5.08. The third kappa shape index (κ3) is 4.13. The van der Waals surface area contributed by atoms with Crippen LogP contribution in [0.25, 0.3) is 0 Å². The van der Waals surface area contributed by atoms with Crippen LogP contribution in [0.4, 0.5) is 0 Å². The average Bonchev–Trinajstić information content (AvgIpc) is 3.36. The van der Waals surface area contributed by atoms with Crippen molar-refractivity contribution < 1.29 is 23.8 Å². The SMILES string of the molecule is COc1ccc(OC)c([C@@H](C)NC(=O)COC(=O)C2CC2)c1. The standard InChI is InChI=1S/C16H21NO5/c1-10(13-8-12(20-2)6-7-14(13)21-3)17-15(18)9-22-16(19)11-4-5-11/h6-8,10-11H,4-5,9H2,1-3H3,(H,17,18)/t10-/m1/s1. The van der Waals surface area contributed by atoms with Crippen molar-refractivity contribution in [2.24, 2.45) is 5.92 Å². The van der Waals surface area contributed by atoms with Crippen LogP contribution in [-0.2, 0) is 14.3 Å². The van der Waals surface area contributed by atoms with Gasteiger partial charge in [-0.05, 0) is 38.0 Å². The monoisotopic (exact) mass is 307 g/mol. The molecule has 1 aromatic rings. The van der Waals surface area contributed by atoms with Crippen LogP contribution in [-0.4, -0.2) is 32.7 Å². The van der Waals surface area contributed by atoms with Gasteiger partial charge in [0.25, 0.3) is 5.91 Å². The molecule has 120 valence electrons. The van der Waals surface area contributed by atoms with E-state index in [4.69, 9.17) is 14.2 Å². The number of esters is 1. The fourth-order valence-corrected chi connectivity index (χ4v) is 2.11. The Balaban J connectivity index is 1.93. The Morgan fingerprint density at radius 3 is 2.59 bits per heavy atom. The maximum Gasteiger partial charge on any atom is 0.309 e. The molecule has 1 aromatic carbocycles. The van der Waals surface area contributed by atoms with Gasteiger partial charge in [0.2, 0.25) is 0 Å². The quantitative estimate of drug-likeness (QED) is 0.778. The first kappa shape index (κ1) is 16.1. The molecule has 0 aliphatic heterocycles. The molecule has 0 unspecified atom stereocenters. The summed E-state index contributed by atoms with van der Waals surface area (Å²) in [4.78, 5) is 23.3. The molecule has 0 aromatic heterocycles. The highest BCUT2D eigenvalue weighted by Crippen LogP contribution is 2.30. The number of methoxy groups -OCH3 is 2. The Morgan fingerprint density at radius 1 is 1.27 bits per heavy atom. The van der Waals surface area contributed by atoms with Gasteiger partial charge < -0.3 is 19.5 Å². The van der Waals surface area contributed by atoms with Gasteiger partial charge in [-0.2, -0.15) is 0 Å². The van der Waals surface area contributed by atoms with Crippen molar-refractivity contribution in [1.29, 1.82) is 0 Å². The van der Waals surface area contributed by atoms with Crippen molar-refractivity contribution in [2.75, 3.05) is 20.8 Å². The lowest BCUT2D eigenvalue weighted by atomic mass is 10.1. The van der Waals surface area contributed by atoms with Gasteiger partial charge in [-0.1, -0.05) is 0 Å². The highest BCUT2D eigenvalue weighted by atomic mass is 16.5. The van der Waals surface area contributed by atoms with Gasteiger partial charge in [0.15, 0.2) is 6.61 Å². The molecule has 22 heavy (non-hydrogen) atoms. The van der Waals surface area contributed by atoms with E-state index >= 15 is 0 Å². The summed E-state index contributed by atoms with van der Waals surface area (Å²) in [6.45, 7) is 1.57. The van der Waals surface area contributed by atoms with Gasteiger partial charge in [0.1, 0.15) is 11.5 Å². The third-order valence-corrected chi connectivity index (χ3v) is 3.54. The lowest BCUT2D eigenvalue weighted by molar-refractivity contribution is -0.150. The number of hydrogen-bond donors (Lipinski definition) is 1. The first-order valence-corrected chi connectivity index (χ1v) is 7.23. The number of amides is 1. The minimum absolute atomic E-state index is 0.0105. The minimum Gasteiger partial charge on any atom is -0.497 e. The van der Waals surface area contributed by atoms with E-state index in [0.717, 1.165) is 18.4 Å². The summed E-state index contributed by atoms with van der Waals surface area (Å²) in [7, 11) is 3.14. The van der Waals surface area contributed by atoms with Gasteiger partial charge in [-0.15, -0.1) is 0 Å². The zero-order valence-corrected chi connectivity index (χ0v) is 13.0. The highest BCUT2D eigenvalue weighted by Gasteiger charge is 2.31. The van der Waals surface area contributed by atoms with Gasteiger partial charge >= 0.3 is 5.97 Å². The van der Waals surface area contributed by atoms with Crippen molar-refractivity contribution in [2.45, 2.75) is 25.8 Å². The Hall–Kier alpha value is -2.24. The Morgan fingerprint density at radius 2 is 2.00 bits per heavy atom. The van der Waals surface area contributed by atoms with Crippen molar-refractivity contribution in [3.63, 3.8) is 0 Å². The zero-order valence-electron chi connectivity index (χ0n) is 13.0. The van der Waals surface area contributed by atoms with Crippen LogP contribution in [0, 0.1) is 5.92 Å². The molecule has 0 saturated heterocycles. The molecule has 1 N–H and O–H groups in total. The fourth-order valence-electron chi connectivity index (χ4n) is 2.11. The van der Waals surface area contributed by atoms with Crippen LogP contribution in [0.2, 0.25) is 0 Å². The second kappa shape index (κ2) is 7.15. The van der Waals surface area contributed by atoms with E-state index in [2.05, 4.69) is 5.32 Å². The number of hydrogen-bond acceptors (Lipinski definition) is 5. The predicted molar refractivity (Wildman–Crippen MR) is 79.8 cm³/mol. The summed E-state index contributed by atoms with van der Waals surface area (Å²) < 4.78 is 15.4. The summed E-state index contributed by atoms with van der Waals surface area (Å²) in [5.74, 6) is 0.692. The fraction of sp³-hybridized carbons (Fsp3) is 0.500. The lowest BCUT2D eigenvalue weighted by Gasteiger charge is -2.18. The molecule has 1 aliphatic rings. The number of ether oxygens (including phenoxy) is 3. The summed E-state index contributed by atoms with van der Waals surface area (Å²) in [5, 5.41) is 2.79. The Bertz CT molecular complexity index is 553. The molecule has 0 heterocycles. The molecule has 0 radical (unpaired) electrons. The van der Waals surface area contributed by atoms with E-state index in [0.29, 0.717) is 11.5 Å². The number of rotatable bonds is 7. The Kier molecular flexibility index (Phi) is 5.25. The smallest absolute Gasteiger partial charge is 0.309 e. The molecule has 0 spiro atoms. The molecular formula is C16H21NO5. The molecule has 1 amide bonds. The first-order valence-electron chi connectivity index (χ1n) is 7.23. The molecule has 0 bridgehead atoms. The van der Waals surface area contributed by atoms with Crippen LogP contribution >= 0.6 is 0 Å². The van der Waals surface area contributed by atoms with E-state index in [1.54, 1.807) is 32.4 Å². The van der Waals surface area contributed by atoms with Crippen LogP contribution in [0.5, 0.6) is 11.5 Å².